The first kappa shape index (κ1) is 16.9. The second-order valence-electron chi connectivity index (χ2n) is 5.38. The Bertz CT molecular complexity index is 872. The van der Waals surface area contributed by atoms with Crippen molar-refractivity contribution >= 4 is 23.2 Å². The zero-order valence-corrected chi connectivity index (χ0v) is 13.4. The van der Waals surface area contributed by atoms with Crippen molar-refractivity contribution in [3.8, 4) is 11.5 Å². The molecule has 1 aliphatic rings. The third kappa shape index (κ3) is 3.17. The van der Waals surface area contributed by atoms with E-state index in [2.05, 4.69) is 5.32 Å². The van der Waals surface area contributed by atoms with E-state index in [0.29, 0.717) is 22.7 Å². The highest BCUT2D eigenvalue weighted by atomic mass is 19.4. The molecule has 0 unspecified atom stereocenters. The van der Waals surface area contributed by atoms with Crippen LogP contribution in [0, 0.1) is 0 Å². The summed E-state index contributed by atoms with van der Waals surface area (Å²) in [5.74, 6) is 0.538. The monoisotopic (exact) mass is 349 g/mol. The molecule has 2 aromatic rings. The fraction of sp³-hybridized carbons (Fsp3) is 0.167. The van der Waals surface area contributed by atoms with Crippen molar-refractivity contribution in [3.63, 3.8) is 0 Å². The maximum Gasteiger partial charge on any atom is 0.416 e. The third-order valence-corrected chi connectivity index (χ3v) is 3.87. The van der Waals surface area contributed by atoms with Crippen LogP contribution in [0.1, 0.15) is 16.7 Å². The van der Waals surface area contributed by atoms with E-state index in [0.717, 1.165) is 12.1 Å². The molecular formula is C18H14F3NO3. The van der Waals surface area contributed by atoms with E-state index in [9.17, 15) is 18.0 Å². The zero-order chi connectivity index (χ0) is 18.2. The minimum absolute atomic E-state index is 0.132. The Morgan fingerprint density at radius 2 is 1.80 bits per heavy atom. The molecule has 3 rings (SSSR count). The molecular weight excluding hydrogens is 335 g/mol. The largest absolute Gasteiger partial charge is 0.497 e. The molecule has 7 heteroatoms. The molecule has 0 saturated heterocycles. The Balaban J connectivity index is 2.13. The van der Waals surface area contributed by atoms with Crippen LogP contribution >= 0.6 is 0 Å². The van der Waals surface area contributed by atoms with E-state index in [-0.39, 0.29) is 11.1 Å². The van der Waals surface area contributed by atoms with Crippen LogP contribution in [-0.4, -0.2) is 20.1 Å². The number of alkyl halides is 3. The number of benzene rings is 2. The number of methoxy groups -OCH3 is 2. The highest BCUT2D eigenvalue weighted by Gasteiger charge is 2.33. The van der Waals surface area contributed by atoms with Gasteiger partial charge in [0, 0.05) is 22.4 Å². The molecule has 0 aromatic heterocycles. The SMILES string of the molecule is COc1ccc(OC)c(C=C2C(=O)Nc3ccc(C(F)(F)F)cc32)c1. The molecule has 130 valence electrons. The number of carbonyl (C=O) groups excluding carboxylic acids is 1. The minimum Gasteiger partial charge on any atom is -0.497 e. The van der Waals surface area contributed by atoms with Crippen LogP contribution in [0.15, 0.2) is 36.4 Å². The van der Waals surface area contributed by atoms with Crippen LogP contribution in [0.5, 0.6) is 11.5 Å². The normalized spacial score (nSPS) is 15.1. The molecule has 0 atom stereocenters. The maximum absolute atomic E-state index is 13.0. The van der Waals surface area contributed by atoms with Gasteiger partial charge in [-0.15, -0.1) is 0 Å². The Morgan fingerprint density at radius 3 is 2.44 bits per heavy atom. The lowest BCUT2D eigenvalue weighted by atomic mass is 10.0. The van der Waals surface area contributed by atoms with Crippen molar-refractivity contribution in [1.82, 2.24) is 0 Å². The van der Waals surface area contributed by atoms with Crippen LogP contribution in [-0.2, 0) is 11.0 Å². The van der Waals surface area contributed by atoms with E-state index in [1.54, 1.807) is 18.2 Å². The molecule has 1 amide bonds. The van der Waals surface area contributed by atoms with Crippen molar-refractivity contribution in [2.24, 2.45) is 0 Å². The van der Waals surface area contributed by atoms with Crippen molar-refractivity contribution in [3.05, 3.63) is 53.1 Å². The van der Waals surface area contributed by atoms with Crippen LogP contribution in [0.4, 0.5) is 18.9 Å². The first-order chi connectivity index (χ1) is 11.8. The summed E-state index contributed by atoms with van der Waals surface area (Å²) in [6, 6.07) is 8.14. The van der Waals surface area contributed by atoms with Gasteiger partial charge >= 0.3 is 6.18 Å². The molecule has 0 radical (unpaired) electrons. The van der Waals surface area contributed by atoms with E-state index in [1.165, 1.54) is 26.4 Å². The van der Waals surface area contributed by atoms with Gasteiger partial charge in [0.2, 0.25) is 0 Å². The summed E-state index contributed by atoms with van der Waals surface area (Å²) in [6.45, 7) is 0. The summed E-state index contributed by atoms with van der Waals surface area (Å²) in [7, 11) is 2.96. The van der Waals surface area contributed by atoms with Crippen LogP contribution < -0.4 is 14.8 Å². The van der Waals surface area contributed by atoms with Crippen LogP contribution in [0.2, 0.25) is 0 Å². The summed E-state index contributed by atoms with van der Waals surface area (Å²) >= 11 is 0. The summed E-state index contributed by atoms with van der Waals surface area (Å²) in [5.41, 5.74) is 0.381. The average molecular weight is 349 g/mol. The lowest BCUT2D eigenvalue weighted by molar-refractivity contribution is -0.137. The van der Waals surface area contributed by atoms with E-state index < -0.39 is 17.6 Å². The number of ether oxygens (including phenoxy) is 2. The fourth-order valence-corrected chi connectivity index (χ4v) is 2.62. The molecule has 0 aliphatic carbocycles. The quantitative estimate of drug-likeness (QED) is 0.844. The minimum atomic E-state index is -4.49. The first-order valence-electron chi connectivity index (χ1n) is 7.30. The van der Waals surface area contributed by atoms with Gasteiger partial charge in [-0.1, -0.05) is 0 Å². The molecule has 1 N–H and O–H groups in total. The number of amides is 1. The average Bonchev–Trinajstić information content (AvgIpc) is 2.89. The molecule has 1 heterocycles. The van der Waals surface area contributed by atoms with E-state index >= 15 is 0 Å². The Kier molecular flexibility index (Phi) is 4.16. The van der Waals surface area contributed by atoms with Gasteiger partial charge in [-0.05, 0) is 42.5 Å². The number of anilines is 1. The number of fused-ring (bicyclic) bond motifs is 1. The number of nitrogens with one attached hydrogen (secondary N) is 1. The van der Waals surface area contributed by atoms with Crippen molar-refractivity contribution in [1.29, 1.82) is 0 Å². The predicted molar refractivity (Wildman–Crippen MR) is 87.5 cm³/mol. The number of rotatable bonds is 3. The second-order valence-corrected chi connectivity index (χ2v) is 5.38. The topological polar surface area (TPSA) is 47.6 Å². The van der Waals surface area contributed by atoms with Crippen LogP contribution in [0.25, 0.3) is 11.6 Å². The van der Waals surface area contributed by atoms with Gasteiger partial charge in [-0.3, -0.25) is 4.79 Å². The van der Waals surface area contributed by atoms with Gasteiger partial charge in [0.15, 0.2) is 0 Å². The Morgan fingerprint density at radius 1 is 1.04 bits per heavy atom. The molecule has 25 heavy (non-hydrogen) atoms. The summed E-state index contributed by atoms with van der Waals surface area (Å²) in [4.78, 5) is 12.2. The van der Waals surface area contributed by atoms with Crippen molar-refractivity contribution in [2.75, 3.05) is 19.5 Å². The zero-order valence-electron chi connectivity index (χ0n) is 13.4. The highest BCUT2D eigenvalue weighted by Crippen LogP contribution is 2.39. The highest BCUT2D eigenvalue weighted by molar-refractivity contribution is 6.35. The third-order valence-electron chi connectivity index (χ3n) is 3.87. The maximum atomic E-state index is 13.0. The summed E-state index contributed by atoms with van der Waals surface area (Å²) in [6.07, 6.45) is -3.00. The standard InChI is InChI=1S/C18H14F3NO3/c1-24-12-4-6-16(25-2)10(7-12)8-14-13-9-11(18(19,20)21)3-5-15(13)22-17(14)23/h3-9H,1-2H3,(H,22,23). The van der Waals surface area contributed by atoms with Crippen molar-refractivity contribution in [2.45, 2.75) is 6.18 Å². The van der Waals surface area contributed by atoms with Gasteiger partial charge in [-0.25, -0.2) is 0 Å². The number of hydrogen-bond acceptors (Lipinski definition) is 3. The van der Waals surface area contributed by atoms with E-state index in [4.69, 9.17) is 9.47 Å². The number of halogens is 3. The summed E-state index contributed by atoms with van der Waals surface area (Å²) < 4.78 is 49.3. The van der Waals surface area contributed by atoms with Crippen molar-refractivity contribution < 1.29 is 27.4 Å². The van der Waals surface area contributed by atoms with Crippen LogP contribution in [0.3, 0.4) is 0 Å². The smallest absolute Gasteiger partial charge is 0.416 e. The second kappa shape index (κ2) is 6.16. The molecule has 4 nitrogen and oxygen atoms in total. The lowest BCUT2D eigenvalue weighted by Gasteiger charge is -2.09. The fourth-order valence-electron chi connectivity index (χ4n) is 2.62. The lowest BCUT2D eigenvalue weighted by Crippen LogP contribution is -2.04. The predicted octanol–water partition coefficient (Wildman–Crippen LogP) is 4.22. The summed E-state index contributed by atoms with van der Waals surface area (Å²) in [5, 5.41) is 2.57. The number of carbonyl (C=O) groups is 1. The van der Waals surface area contributed by atoms with Gasteiger partial charge in [0.05, 0.1) is 19.8 Å². The van der Waals surface area contributed by atoms with Gasteiger partial charge in [-0.2, -0.15) is 13.2 Å². The van der Waals surface area contributed by atoms with Gasteiger partial charge in [0.1, 0.15) is 11.5 Å². The number of hydrogen-bond donors (Lipinski definition) is 1. The molecule has 0 spiro atoms. The Labute approximate surface area is 141 Å². The Hall–Kier alpha value is -2.96. The molecule has 0 fully saturated rings. The molecule has 1 aliphatic heterocycles. The first-order valence-corrected chi connectivity index (χ1v) is 7.30. The molecule has 0 saturated carbocycles. The van der Waals surface area contributed by atoms with E-state index in [1.807, 2.05) is 0 Å². The molecule has 0 bridgehead atoms. The molecule has 2 aromatic carbocycles. The van der Waals surface area contributed by atoms with Gasteiger partial charge < -0.3 is 14.8 Å². The van der Waals surface area contributed by atoms with Gasteiger partial charge in [0.25, 0.3) is 5.91 Å².